The lowest BCUT2D eigenvalue weighted by molar-refractivity contribution is -0.305. The van der Waals surface area contributed by atoms with Gasteiger partial charge in [-0.05, 0) is 29.7 Å². The molecule has 4 heteroatoms. The zero-order valence-corrected chi connectivity index (χ0v) is 11.2. The number of benzene rings is 2. The van der Waals surface area contributed by atoms with Gasteiger partial charge in [0.25, 0.3) is 0 Å². The number of phenolic OH excluding ortho intramolecular Hbond substituents is 1. The van der Waals surface area contributed by atoms with Crippen molar-refractivity contribution in [2.45, 2.75) is 19.1 Å². The van der Waals surface area contributed by atoms with E-state index in [1.807, 2.05) is 42.5 Å². The molecule has 0 saturated heterocycles. The largest absolute Gasteiger partial charge is 0.508 e. The van der Waals surface area contributed by atoms with Crippen molar-refractivity contribution in [3.8, 4) is 5.75 Å². The summed E-state index contributed by atoms with van der Waals surface area (Å²) in [6.45, 7) is 0.737. The van der Waals surface area contributed by atoms with Crippen LogP contribution in [0.25, 0.3) is 0 Å². The van der Waals surface area contributed by atoms with E-state index in [9.17, 15) is 5.11 Å². The summed E-state index contributed by atoms with van der Waals surface area (Å²) in [5, 5.41) is 9.20. The van der Waals surface area contributed by atoms with Crippen LogP contribution < -0.4 is 5.73 Å². The quantitative estimate of drug-likeness (QED) is 0.462. The molecule has 0 aliphatic carbocycles. The summed E-state index contributed by atoms with van der Waals surface area (Å²) >= 11 is 0. The third-order valence-electron chi connectivity index (χ3n) is 2.87. The first-order valence-corrected chi connectivity index (χ1v) is 6.56. The number of rotatable bonds is 7. The highest BCUT2D eigenvalue weighted by Gasteiger charge is 2.05. The summed E-state index contributed by atoms with van der Waals surface area (Å²) in [7, 11) is 0. The second-order valence-corrected chi connectivity index (χ2v) is 4.66. The molecular formula is C16H19NO3. The fourth-order valence-electron chi connectivity index (χ4n) is 1.81. The SMILES string of the molecule is NC(COOCc1ccccc1)Cc1ccc(O)cc1. The van der Waals surface area contributed by atoms with Gasteiger partial charge in [0.2, 0.25) is 0 Å². The molecule has 4 nitrogen and oxygen atoms in total. The maximum absolute atomic E-state index is 9.20. The average molecular weight is 273 g/mol. The molecule has 1 atom stereocenters. The van der Waals surface area contributed by atoms with Crippen molar-refractivity contribution in [3.05, 3.63) is 65.7 Å². The van der Waals surface area contributed by atoms with Gasteiger partial charge in [-0.1, -0.05) is 42.5 Å². The Hall–Kier alpha value is -1.88. The van der Waals surface area contributed by atoms with Crippen molar-refractivity contribution < 1.29 is 14.9 Å². The molecule has 20 heavy (non-hydrogen) atoms. The molecule has 2 aromatic rings. The Balaban J connectivity index is 1.65. The molecule has 0 heterocycles. The van der Waals surface area contributed by atoms with Gasteiger partial charge in [-0.3, -0.25) is 0 Å². The van der Waals surface area contributed by atoms with Crippen LogP contribution in [0, 0.1) is 0 Å². The Labute approximate surface area is 118 Å². The maximum Gasteiger partial charge on any atom is 0.115 e. The molecule has 2 rings (SSSR count). The summed E-state index contributed by atoms with van der Waals surface area (Å²) in [5.74, 6) is 0.254. The van der Waals surface area contributed by atoms with Crippen molar-refractivity contribution in [1.29, 1.82) is 0 Å². The third-order valence-corrected chi connectivity index (χ3v) is 2.87. The molecule has 0 aliphatic heterocycles. The molecule has 0 aromatic heterocycles. The topological polar surface area (TPSA) is 64.7 Å². The minimum Gasteiger partial charge on any atom is -0.508 e. The van der Waals surface area contributed by atoms with Crippen LogP contribution in [0.4, 0.5) is 0 Å². The number of aromatic hydroxyl groups is 1. The van der Waals surface area contributed by atoms with Gasteiger partial charge in [0.1, 0.15) is 12.4 Å². The van der Waals surface area contributed by atoms with Gasteiger partial charge in [0, 0.05) is 6.04 Å². The van der Waals surface area contributed by atoms with Crippen molar-refractivity contribution in [2.24, 2.45) is 5.73 Å². The third kappa shape index (κ3) is 5.01. The van der Waals surface area contributed by atoms with Crippen LogP contribution in [0.2, 0.25) is 0 Å². The first-order valence-electron chi connectivity index (χ1n) is 6.56. The molecular weight excluding hydrogens is 254 g/mol. The highest BCUT2D eigenvalue weighted by Crippen LogP contribution is 2.11. The zero-order chi connectivity index (χ0) is 14.2. The molecule has 0 radical (unpaired) electrons. The average Bonchev–Trinajstić information content (AvgIpc) is 2.47. The van der Waals surface area contributed by atoms with Gasteiger partial charge < -0.3 is 10.8 Å². The van der Waals surface area contributed by atoms with E-state index in [0.29, 0.717) is 19.6 Å². The van der Waals surface area contributed by atoms with Crippen LogP contribution in [0.3, 0.4) is 0 Å². The smallest absolute Gasteiger partial charge is 0.115 e. The summed E-state index contributed by atoms with van der Waals surface area (Å²) in [5.41, 5.74) is 8.07. The van der Waals surface area contributed by atoms with Crippen LogP contribution >= 0.6 is 0 Å². The van der Waals surface area contributed by atoms with Crippen molar-refractivity contribution in [2.75, 3.05) is 6.61 Å². The van der Waals surface area contributed by atoms with E-state index in [0.717, 1.165) is 11.1 Å². The molecule has 0 amide bonds. The van der Waals surface area contributed by atoms with E-state index in [2.05, 4.69) is 0 Å². The van der Waals surface area contributed by atoms with E-state index < -0.39 is 0 Å². The molecule has 0 saturated carbocycles. The standard InChI is InChI=1S/C16H19NO3/c17-15(10-13-6-8-16(18)9-7-13)12-20-19-11-14-4-2-1-3-5-14/h1-9,15,18H,10-12,17H2. The van der Waals surface area contributed by atoms with Gasteiger partial charge in [0.05, 0.1) is 6.61 Å². The van der Waals surface area contributed by atoms with Crippen LogP contribution in [-0.4, -0.2) is 17.8 Å². The normalized spacial score (nSPS) is 12.2. The molecule has 0 fully saturated rings. The molecule has 2 aromatic carbocycles. The van der Waals surface area contributed by atoms with Gasteiger partial charge >= 0.3 is 0 Å². The van der Waals surface area contributed by atoms with E-state index in [1.165, 1.54) is 0 Å². The predicted molar refractivity (Wildman–Crippen MR) is 77.0 cm³/mol. The molecule has 0 bridgehead atoms. The number of nitrogens with two attached hydrogens (primary N) is 1. The summed E-state index contributed by atoms with van der Waals surface area (Å²) in [6.07, 6.45) is 0.676. The second kappa shape index (κ2) is 7.65. The molecule has 106 valence electrons. The minimum absolute atomic E-state index is 0.143. The summed E-state index contributed by atoms with van der Waals surface area (Å²) < 4.78 is 0. The lowest BCUT2D eigenvalue weighted by atomic mass is 10.1. The monoisotopic (exact) mass is 273 g/mol. The number of hydrogen-bond acceptors (Lipinski definition) is 4. The van der Waals surface area contributed by atoms with E-state index in [-0.39, 0.29) is 11.8 Å². The first-order chi connectivity index (χ1) is 9.74. The fraction of sp³-hybridized carbons (Fsp3) is 0.250. The first kappa shape index (κ1) is 14.5. The lowest BCUT2D eigenvalue weighted by Gasteiger charge is -2.11. The van der Waals surface area contributed by atoms with Gasteiger partial charge in [-0.2, -0.15) is 0 Å². The molecule has 3 N–H and O–H groups in total. The van der Waals surface area contributed by atoms with Crippen LogP contribution in [-0.2, 0) is 22.8 Å². The Morgan fingerprint density at radius 3 is 2.30 bits per heavy atom. The van der Waals surface area contributed by atoms with Gasteiger partial charge in [0.15, 0.2) is 0 Å². The summed E-state index contributed by atoms with van der Waals surface area (Å²) in [4.78, 5) is 10.2. The van der Waals surface area contributed by atoms with Gasteiger partial charge in [-0.25, -0.2) is 9.78 Å². The Kier molecular flexibility index (Phi) is 5.55. The van der Waals surface area contributed by atoms with Crippen molar-refractivity contribution >= 4 is 0 Å². The fourth-order valence-corrected chi connectivity index (χ4v) is 1.81. The minimum atomic E-state index is -0.143. The van der Waals surface area contributed by atoms with Crippen LogP contribution in [0.5, 0.6) is 5.75 Å². The number of hydrogen-bond donors (Lipinski definition) is 2. The summed E-state index contributed by atoms with van der Waals surface area (Å²) in [6, 6.07) is 16.7. The van der Waals surface area contributed by atoms with E-state index in [1.54, 1.807) is 12.1 Å². The highest BCUT2D eigenvalue weighted by atomic mass is 17.2. The van der Waals surface area contributed by atoms with E-state index in [4.69, 9.17) is 15.5 Å². The van der Waals surface area contributed by atoms with Crippen molar-refractivity contribution in [3.63, 3.8) is 0 Å². The Morgan fingerprint density at radius 2 is 1.60 bits per heavy atom. The lowest BCUT2D eigenvalue weighted by Crippen LogP contribution is -2.28. The van der Waals surface area contributed by atoms with Crippen molar-refractivity contribution in [1.82, 2.24) is 0 Å². The van der Waals surface area contributed by atoms with E-state index >= 15 is 0 Å². The predicted octanol–water partition coefficient (Wildman–Crippen LogP) is 2.41. The Morgan fingerprint density at radius 1 is 0.900 bits per heavy atom. The van der Waals surface area contributed by atoms with Gasteiger partial charge in [-0.15, -0.1) is 0 Å². The second-order valence-electron chi connectivity index (χ2n) is 4.66. The zero-order valence-electron chi connectivity index (χ0n) is 11.2. The molecule has 0 aliphatic rings. The van der Waals surface area contributed by atoms with Crippen LogP contribution in [0.1, 0.15) is 11.1 Å². The van der Waals surface area contributed by atoms with Crippen LogP contribution in [0.15, 0.2) is 54.6 Å². The number of phenols is 1. The Bertz CT molecular complexity index is 499. The molecule has 0 spiro atoms. The maximum atomic E-state index is 9.20. The highest BCUT2D eigenvalue weighted by molar-refractivity contribution is 5.26. The molecule has 1 unspecified atom stereocenters.